The smallest absolute Gasteiger partial charge is 0.305 e. The Morgan fingerprint density at radius 3 is 0.959 bits per heavy atom. The van der Waals surface area contributed by atoms with Gasteiger partial charge >= 0.3 is 5.97 Å². The van der Waals surface area contributed by atoms with Crippen molar-refractivity contribution in [3.8, 4) is 0 Å². The Labute approximate surface area is 463 Å². The van der Waals surface area contributed by atoms with Crippen LogP contribution in [0.2, 0.25) is 0 Å². The van der Waals surface area contributed by atoms with E-state index in [0.29, 0.717) is 25.9 Å². The summed E-state index contributed by atoms with van der Waals surface area (Å²) < 4.78 is 5.50. The fourth-order valence-electron chi connectivity index (χ4n) is 10.9. The van der Waals surface area contributed by atoms with Crippen molar-refractivity contribution in [3.05, 3.63) is 12.2 Å². The van der Waals surface area contributed by atoms with Crippen LogP contribution < -0.4 is 5.32 Å². The number of ether oxygens (including phenoxy) is 1. The molecule has 6 heteroatoms. The molecule has 0 spiro atoms. The Bertz CT molecular complexity index is 1110. The molecule has 1 amide bonds. The van der Waals surface area contributed by atoms with Crippen molar-refractivity contribution < 1.29 is 24.5 Å². The molecule has 440 valence electrons. The molecule has 6 nitrogen and oxygen atoms in total. The molecule has 0 aromatic rings. The van der Waals surface area contributed by atoms with E-state index in [1.54, 1.807) is 0 Å². The number of carbonyl (C=O) groups is 2. The Hall–Kier alpha value is -1.40. The maximum absolute atomic E-state index is 12.4. The minimum Gasteiger partial charge on any atom is -0.466 e. The van der Waals surface area contributed by atoms with Crippen LogP contribution in [-0.2, 0) is 14.3 Å². The van der Waals surface area contributed by atoms with E-state index >= 15 is 0 Å². The lowest BCUT2D eigenvalue weighted by Crippen LogP contribution is -2.45. The summed E-state index contributed by atoms with van der Waals surface area (Å²) in [4.78, 5) is 24.5. The van der Waals surface area contributed by atoms with E-state index in [2.05, 4.69) is 31.3 Å². The Balaban J connectivity index is 3.30. The Kier molecular flexibility index (Phi) is 62.9. The van der Waals surface area contributed by atoms with Crippen LogP contribution in [0.5, 0.6) is 0 Å². The molecule has 0 aromatic heterocycles. The van der Waals surface area contributed by atoms with Crippen LogP contribution >= 0.6 is 0 Å². The summed E-state index contributed by atoms with van der Waals surface area (Å²) in [5.41, 5.74) is 0. The van der Waals surface area contributed by atoms with Crippen LogP contribution in [0, 0.1) is 0 Å². The number of allylic oxidation sites excluding steroid dienone is 2. The molecule has 0 fully saturated rings. The second-order valence-corrected chi connectivity index (χ2v) is 23.5. The SMILES string of the molecule is CCCCCCCCCCCCCCCCCC(=O)OCCCCCCCCCCCCCC/C=C\CCCCCCCCCCCCCCCCCCCC(=O)NC(CO)C(O)CCCCCCCCCCC. The first kappa shape index (κ1) is 72.6. The van der Waals surface area contributed by atoms with E-state index in [1.165, 1.54) is 315 Å². The number of carbonyl (C=O) groups excluding carboxylic acids is 2. The maximum Gasteiger partial charge on any atom is 0.305 e. The Morgan fingerprint density at radius 2 is 0.635 bits per heavy atom. The van der Waals surface area contributed by atoms with Gasteiger partial charge in [-0.3, -0.25) is 9.59 Å². The highest BCUT2D eigenvalue weighted by molar-refractivity contribution is 5.76. The van der Waals surface area contributed by atoms with E-state index in [1.807, 2.05) is 0 Å². The summed E-state index contributed by atoms with van der Waals surface area (Å²) in [5, 5.41) is 23.1. The molecule has 0 bridgehead atoms. The lowest BCUT2D eigenvalue weighted by atomic mass is 10.0. The van der Waals surface area contributed by atoms with Gasteiger partial charge in [-0.05, 0) is 51.4 Å². The average molecular weight is 1040 g/mol. The largest absolute Gasteiger partial charge is 0.466 e. The molecule has 74 heavy (non-hydrogen) atoms. The first-order chi connectivity index (χ1) is 36.5. The molecule has 0 rings (SSSR count). The first-order valence-corrected chi connectivity index (χ1v) is 33.9. The molecule has 0 heterocycles. The van der Waals surface area contributed by atoms with Gasteiger partial charge in [0.15, 0.2) is 0 Å². The zero-order valence-electron chi connectivity index (χ0n) is 50.4. The zero-order chi connectivity index (χ0) is 53.6. The highest BCUT2D eigenvalue weighted by atomic mass is 16.5. The fourth-order valence-corrected chi connectivity index (χ4v) is 10.9. The second-order valence-electron chi connectivity index (χ2n) is 23.5. The monoisotopic (exact) mass is 1040 g/mol. The van der Waals surface area contributed by atoms with Gasteiger partial charge in [-0.25, -0.2) is 0 Å². The normalized spacial score (nSPS) is 12.5. The summed E-state index contributed by atoms with van der Waals surface area (Å²) in [5.74, 6) is -0.0102. The van der Waals surface area contributed by atoms with Crippen LogP contribution in [-0.4, -0.2) is 47.4 Å². The molecule has 0 saturated heterocycles. The summed E-state index contributed by atoms with van der Waals surface area (Å²) in [6, 6.07) is -0.536. The standard InChI is InChI=1S/C68H133NO5/c1-3-5-7-9-11-13-14-15-35-39-42-46-50-54-58-62-68(73)74-63-59-55-51-47-43-40-37-34-32-30-28-26-24-22-20-18-16-17-19-21-23-25-27-29-31-33-36-38-41-45-49-53-57-61-67(72)69-65(64-70)66(71)60-56-52-48-44-12-10-8-6-4-2/h20,22,65-66,70-71H,3-19,21,23-64H2,1-2H3,(H,69,72)/b22-20-. The highest BCUT2D eigenvalue weighted by Gasteiger charge is 2.20. The molecule has 0 aliphatic rings. The number of nitrogens with one attached hydrogen (secondary N) is 1. The quantitative estimate of drug-likeness (QED) is 0.0320. The van der Waals surface area contributed by atoms with Crippen LogP contribution in [0.3, 0.4) is 0 Å². The van der Waals surface area contributed by atoms with E-state index < -0.39 is 12.1 Å². The van der Waals surface area contributed by atoms with Crippen molar-refractivity contribution in [2.45, 2.75) is 398 Å². The molecular formula is C68H133NO5. The van der Waals surface area contributed by atoms with Crippen LogP contribution in [0.15, 0.2) is 12.2 Å². The predicted molar refractivity (Wildman–Crippen MR) is 324 cm³/mol. The van der Waals surface area contributed by atoms with E-state index in [0.717, 1.165) is 38.5 Å². The van der Waals surface area contributed by atoms with Crippen molar-refractivity contribution in [2.24, 2.45) is 0 Å². The van der Waals surface area contributed by atoms with Crippen molar-refractivity contribution in [3.63, 3.8) is 0 Å². The number of amides is 1. The molecule has 2 atom stereocenters. The molecule has 0 aromatic carbocycles. The molecule has 0 aliphatic heterocycles. The number of aliphatic hydroxyl groups is 2. The van der Waals surface area contributed by atoms with Gasteiger partial charge in [-0.15, -0.1) is 0 Å². The lowest BCUT2D eigenvalue weighted by molar-refractivity contribution is -0.143. The number of hydrogen-bond donors (Lipinski definition) is 3. The predicted octanol–water partition coefficient (Wildman–Crippen LogP) is 21.6. The van der Waals surface area contributed by atoms with Gasteiger partial charge in [0.05, 0.1) is 25.4 Å². The van der Waals surface area contributed by atoms with Crippen LogP contribution in [0.1, 0.15) is 386 Å². The molecule has 0 saturated carbocycles. The molecule has 2 unspecified atom stereocenters. The van der Waals surface area contributed by atoms with Crippen LogP contribution in [0.25, 0.3) is 0 Å². The van der Waals surface area contributed by atoms with Crippen molar-refractivity contribution >= 4 is 11.9 Å². The zero-order valence-corrected chi connectivity index (χ0v) is 50.4. The van der Waals surface area contributed by atoms with Gasteiger partial charge in [0.25, 0.3) is 0 Å². The second kappa shape index (κ2) is 64.1. The fraction of sp³-hybridized carbons (Fsp3) is 0.941. The molecule has 0 aliphatic carbocycles. The number of unbranched alkanes of at least 4 members (excludes halogenated alkanes) is 51. The third-order valence-corrected chi connectivity index (χ3v) is 16.1. The lowest BCUT2D eigenvalue weighted by Gasteiger charge is -2.22. The Morgan fingerprint density at radius 1 is 0.365 bits per heavy atom. The first-order valence-electron chi connectivity index (χ1n) is 33.9. The number of rotatable bonds is 64. The van der Waals surface area contributed by atoms with Gasteiger partial charge in [-0.2, -0.15) is 0 Å². The molecule has 3 N–H and O–H groups in total. The minimum atomic E-state index is -0.659. The summed E-state index contributed by atoms with van der Waals surface area (Å²) in [6.07, 6.45) is 78.5. The van der Waals surface area contributed by atoms with E-state index in [9.17, 15) is 19.8 Å². The van der Waals surface area contributed by atoms with E-state index in [-0.39, 0.29) is 18.5 Å². The highest BCUT2D eigenvalue weighted by Crippen LogP contribution is 2.19. The van der Waals surface area contributed by atoms with Crippen LogP contribution in [0.4, 0.5) is 0 Å². The van der Waals surface area contributed by atoms with Gasteiger partial charge in [-0.1, -0.05) is 334 Å². The summed E-state index contributed by atoms with van der Waals surface area (Å²) in [7, 11) is 0. The van der Waals surface area contributed by atoms with Crippen molar-refractivity contribution in [1.29, 1.82) is 0 Å². The average Bonchev–Trinajstić information content (AvgIpc) is 3.40. The van der Waals surface area contributed by atoms with Crippen molar-refractivity contribution in [2.75, 3.05) is 13.2 Å². The van der Waals surface area contributed by atoms with Gasteiger partial charge in [0.1, 0.15) is 0 Å². The number of aliphatic hydroxyl groups excluding tert-OH is 2. The van der Waals surface area contributed by atoms with Gasteiger partial charge in [0, 0.05) is 12.8 Å². The number of esters is 1. The third kappa shape index (κ3) is 59.8. The van der Waals surface area contributed by atoms with E-state index in [4.69, 9.17) is 4.74 Å². The summed E-state index contributed by atoms with van der Waals surface area (Å²) >= 11 is 0. The molecular weight excluding hydrogens is 911 g/mol. The summed E-state index contributed by atoms with van der Waals surface area (Å²) in [6.45, 7) is 4.97. The van der Waals surface area contributed by atoms with Gasteiger partial charge < -0.3 is 20.3 Å². The molecule has 0 radical (unpaired) electrons. The number of hydrogen-bond acceptors (Lipinski definition) is 5. The maximum atomic E-state index is 12.4. The van der Waals surface area contributed by atoms with Crippen molar-refractivity contribution in [1.82, 2.24) is 5.32 Å². The third-order valence-electron chi connectivity index (χ3n) is 16.1. The van der Waals surface area contributed by atoms with Gasteiger partial charge in [0.2, 0.25) is 5.91 Å². The topological polar surface area (TPSA) is 95.9 Å². The minimum absolute atomic E-state index is 0.0222.